The summed E-state index contributed by atoms with van der Waals surface area (Å²) < 4.78 is 38.7. The second kappa shape index (κ2) is 8.40. The molecule has 1 aliphatic heterocycles. The van der Waals surface area contributed by atoms with Crippen molar-refractivity contribution in [1.82, 2.24) is 0 Å². The van der Waals surface area contributed by atoms with Gasteiger partial charge in [-0.2, -0.15) is 8.42 Å². The number of hydrogen-bond acceptors (Lipinski definition) is 10. The van der Waals surface area contributed by atoms with Crippen molar-refractivity contribution in [2.75, 3.05) is 6.61 Å². The molecule has 0 radical (unpaired) electrons. The lowest BCUT2D eigenvalue weighted by Gasteiger charge is -2.39. The molecule has 5 atom stereocenters. The van der Waals surface area contributed by atoms with Crippen molar-refractivity contribution < 1.29 is 42.4 Å². The first-order valence-electron chi connectivity index (χ1n) is 6.39. The third-order valence-electron chi connectivity index (χ3n) is 2.80. The van der Waals surface area contributed by atoms with E-state index in [2.05, 4.69) is 9.44 Å². The maximum atomic E-state index is 10.5. The van der Waals surface area contributed by atoms with Gasteiger partial charge in [-0.1, -0.05) is 23.8 Å². The first-order valence-corrected chi connectivity index (χ1v) is 8.64. The molecule has 22 heavy (non-hydrogen) atoms. The van der Waals surface area contributed by atoms with E-state index in [1.54, 1.807) is 6.92 Å². The van der Waals surface area contributed by atoms with Crippen molar-refractivity contribution in [2.24, 2.45) is 5.16 Å². The molecular weight excluding hydrogens is 342 g/mol. The van der Waals surface area contributed by atoms with Crippen LogP contribution < -0.4 is 0 Å². The number of thioether (sulfide) groups is 1. The van der Waals surface area contributed by atoms with E-state index >= 15 is 0 Å². The second-order valence-corrected chi connectivity index (χ2v) is 6.73. The molecule has 0 bridgehead atoms. The van der Waals surface area contributed by atoms with Gasteiger partial charge in [0.25, 0.3) is 0 Å². The average Bonchev–Trinajstić information content (AvgIpc) is 2.44. The molecule has 1 aliphatic rings. The Morgan fingerprint density at radius 1 is 1.27 bits per heavy atom. The lowest BCUT2D eigenvalue weighted by molar-refractivity contribution is -0.205. The molecule has 1 rings (SSSR count). The molecule has 0 saturated carbocycles. The quantitative estimate of drug-likeness (QED) is 0.162. The fourth-order valence-electron chi connectivity index (χ4n) is 1.73. The molecule has 0 aromatic rings. The Labute approximate surface area is 131 Å². The van der Waals surface area contributed by atoms with Crippen molar-refractivity contribution in [3.05, 3.63) is 0 Å². The third kappa shape index (κ3) is 5.62. The second-order valence-electron chi connectivity index (χ2n) is 4.55. The summed E-state index contributed by atoms with van der Waals surface area (Å²) in [5, 5.41) is 41.6. The van der Waals surface area contributed by atoms with E-state index in [1.807, 2.05) is 0 Å². The standard InChI is InChI=1S/C10H19NO9S2/c1-2-3-6(11-20-22(16,17)18)21-10-9(15)8(14)7(13)5(4-12)19-10/h5,7-10,12-15H,2-4H2,1H3,(H,16,17,18)/b11-6+/t5-,7-,8+,9-,10+/m1/s1. The smallest absolute Gasteiger partial charge is 0.394 e. The molecule has 1 saturated heterocycles. The van der Waals surface area contributed by atoms with Gasteiger partial charge in [0, 0.05) is 0 Å². The van der Waals surface area contributed by atoms with Crippen LogP contribution in [0.5, 0.6) is 0 Å². The van der Waals surface area contributed by atoms with E-state index < -0.39 is 46.9 Å². The molecule has 0 amide bonds. The molecule has 12 heteroatoms. The minimum absolute atomic E-state index is 0.0875. The van der Waals surface area contributed by atoms with Crippen molar-refractivity contribution in [3.63, 3.8) is 0 Å². The van der Waals surface area contributed by atoms with Crippen LogP contribution in [0, 0.1) is 0 Å². The van der Waals surface area contributed by atoms with Gasteiger partial charge in [-0.15, -0.1) is 0 Å². The predicted octanol–water partition coefficient (Wildman–Crippen LogP) is -1.55. The Kier molecular flexibility index (Phi) is 7.48. The zero-order chi connectivity index (χ0) is 16.9. The van der Waals surface area contributed by atoms with Crippen molar-refractivity contribution in [1.29, 1.82) is 0 Å². The van der Waals surface area contributed by atoms with E-state index in [-0.39, 0.29) is 11.5 Å². The number of aliphatic hydroxyl groups is 4. The van der Waals surface area contributed by atoms with Crippen LogP contribution in [-0.2, 0) is 19.4 Å². The molecule has 0 unspecified atom stereocenters. The molecule has 1 heterocycles. The molecule has 0 aromatic carbocycles. The molecule has 0 aliphatic carbocycles. The molecular formula is C10H19NO9S2. The fraction of sp³-hybridized carbons (Fsp3) is 0.900. The van der Waals surface area contributed by atoms with E-state index in [0.29, 0.717) is 6.42 Å². The zero-order valence-corrected chi connectivity index (χ0v) is 13.3. The highest BCUT2D eigenvalue weighted by Crippen LogP contribution is 2.30. The van der Waals surface area contributed by atoms with Crippen molar-refractivity contribution >= 4 is 27.2 Å². The molecule has 1 fully saturated rings. The summed E-state index contributed by atoms with van der Waals surface area (Å²) in [5.41, 5.74) is -1.11. The number of rotatable bonds is 6. The summed E-state index contributed by atoms with van der Waals surface area (Å²) in [4.78, 5) is 0. The summed E-state index contributed by atoms with van der Waals surface area (Å²) in [6.45, 7) is 1.20. The molecule has 10 nitrogen and oxygen atoms in total. The van der Waals surface area contributed by atoms with E-state index in [0.717, 1.165) is 11.8 Å². The Balaban J connectivity index is 2.83. The van der Waals surface area contributed by atoms with Gasteiger partial charge in [0.1, 0.15) is 34.9 Å². The third-order valence-corrected chi connectivity index (χ3v) is 4.23. The largest absolute Gasteiger partial charge is 0.466 e. The van der Waals surface area contributed by atoms with Crippen molar-refractivity contribution in [3.8, 4) is 0 Å². The minimum Gasteiger partial charge on any atom is -0.394 e. The fourth-order valence-corrected chi connectivity index (χ4v) is 3.13. The van der Waals surface area contributed by atoms with Gasteiger partial charge in [0.2, 0.25) is 0 Å². The van der Waals surface area contributed by atoms with Crippen LogP contribution in [0.15, 0.2) is 5.16 Å². The Morgan fingerprint density at radius 2 is 1.91 bits per heavy atom. The summed E-state index contributed by atoms with van der Waals surface area (Å²) in [7, 11) is -4.76. The van der Waals surface area contributed by atoms with Gasteiger partial charge in [0.15, 0.2) is 0 Å². The number of aliphatic hydroxyl groups excluding tert-OH is 4. The molecule has 130 valence electrons. The zero-order valence-electron chi connectivity index (χ0n) is 11.6. The maximum Gasteiger partial charge on any atom is 0.466 e. The van der Waals surface area contributed by atoms with Crippen LogP contribution in [0.3, 0.4) is 0 Å². The van der Waals surface area contributed by atoms with Crippen LogP contribution in [0.25, 0.3) is 0 Å². The van der Waals surface area contributed by atoms with Gasteiger partial charge in [-0.3, -0.25) is 4.55 Å². The van der Waals surface area contributed by atoms with E-state index in [4.69, 9.17) is 14.4 Å². The van der Waals surface area contributed by atoms with Crippen molar-refractivity contribution in [2.45, 2.75) is 49.6 Å². The van der Waals surface area contributed by atoms with Gasteiger partial charge in [0.05, 0.1) is 6.61 Å². The van der Waals surface area contributed by atoms with Crippen LogP contribution in [0.2, 0.25) is 0 Å². The van der Waals surface area contributed by atoms with Gasteiger partial charge in [-0.25, -0.2) is 4.28 Å². The van der Waals surface area contributed by atoms with Gasteiger partial charge < -0.3 is 25.2 Å². The predicted molar refractivity (Wildman–Crippen MR) is 76.3 cm³/mol. The normalized spacial score (nSPS) is 33.7. The van der Waals surface area contributed by atoms with E-state index in [9.17, 15) is 23.7 Å². The maximum absolute atomic E-state index is 10.5. The van der Waals surface area contributed by atoms with Gasteiger partial charge >= 0.3 is 10.4 Å². The SMILES string of the molecule is CCC/C(=N\OS(=O)(=O)O)S[C@@H]1O[C@H](CO)[C@@H](O)[C@H](O)[C@H]1O. The monoisotopic (exact) mass is 361 g/mol. The first-order chi connectivity index (χ1) is 10.2. The Bertz CT molecular complexity index is 481. The van der Waals surface area contributed by atoms with Crippen LogP contribution in [0.1, 0.15) is 19.8 Å². The van der Waals surface area contributed by atoms with Crippen LogP contribution >= 0.6 is 11.8 Å². The first kappa shape index (κ1) is 19.6. The van der Waals surface area contributed by atoms with Crippen LogP contribution in [-0.4, -0.2) is 74.9 Å². The lowest BCUT2D eigenvalue weighted by atomic mass is 10.0. The van der Waals surface area contributed by atoms with E-state index in [1.165, 1.54) is 0 Å². The Hall–Kier alpha value is -0.470. The highest BCUT2D eigenvalue weighted by atomic mass is 32.3. The molecule has 0 aromatic heterocycles. The average molecular weight is 361 g/mol. The minimum atomic E-state index is -4.76. The Morgan fingerprint density at radius 3 is 2.41 bits per heavy atom. The number of oxime groups is 1. The number of ether oxygens (including phenoxy) is 1. The summed E-state index contributed by atoms with van der Waals surface area (Å²) >= 11 is 0.759. The molecule has 5 N–H and O–H groups in total. The highest BCUT2D eigenvalue weighted by Gasteiger charge is 2.44. The lowest BCUT2D eigenvalue weighted by Crippen LogP contribution is -2.57. The van der Waals surface area contributed by atoms with Gasteiger partial charge in [-0.05, 0) is 12.8 Å². The number of hydrogen-bond donors (Lipinski definition) is 5. The summed E-state index contributed by atoms with van der Waals surface area (Å²) in [5.74, 6) is 0. The van der Waals surface area contributed by atoms with Crippen LogP contribution in [0.4, 0.5) is 0 Å². The summed E-state index contributed by atoms with van der Waals surface area (Å²) in [6, 6.07) is 0. The highest BCUT2D eigenvalue weighted by molar-refractivity contribution is 8.14. The molecule has 0 spiro atoms. The number of nitrogens with zero attached hydrogens (tertiary/aromatic N) is 1. The topological polar surface area (TPSA) is 166 Å². The summed E-state index contributed by atoms with van der Waals surface area (Å²) in [6.07, 6.45) is -4.80.